The number of nitrogens with zero attached hydrogens (tertiary/aromatic N) is 5. The van der Waals surface area contributed by atoms with E-state index >= 15 is 0 Å². The molecule has 0 saturated carbocycles. The van der Waals surface area contributed by atoms with Crippen LogP contribution in [0.2, 0.25) is 5.02 Å². The molecule has 124 valence electrons. The minimum Gasteiger partial charge on any atom is -0.293 e. The van der Waals surface area contributed by atoms with Crippen molar-refractivity contribution >= 4 is 23.5 Å². The first kappa shape index (κ1) is 16.2. The van der Waals surface area contributed by atoms with E-state index in [0.717, 1.165) is 11.3 Å². The Hall–Kier alpha value is -2.67. The number of hydrogen-bond acceptors (Lipinski definition) is 4. The Kier molecular flexibility index (Phi) is 4.90. The van der Waals surface area contributed by atoms with E-state index in [9.17, 15) is 4.79 Å². The van der Waals surface area contributed by atoms with Crippen LogP contribution in [0.1, 0.15) is 17.7 Å². The summed E-state index contributed by atoms with van der Waals surface area (Å²) in [7, 11) is 0. The molecule has 0 fully saturated rings. The second-order valence-corrected chi connectivity index (χ2v) is 5.85. The quantitative estimate of drug-likeness (QED) is 0.745. The summed E-state index contributed by atoms with van der Waals surface area (Å²) in [5, 5.41) is 11.9. The summed E-state index contributed by atoms with van der Waals surface area (Å²) < 4.78 is 3.40. The van der Waals surface area contributed by atoms with Crippen LogP contribution in [-0.4, -0.2) is 30.5 Å². The second-order valence-electron chi connectivity index (χ2n) is 5.41. The fraction of sp³-hybridized carbons (Fsp3) is 0.250. The number of aromatic nitrogens is 5. The normalized spacial score (nSPS) is 10.8. The van der Waals surface area contributed by atoms with E-state index in [2.05, 4.69) is 20.5 Å². The van der Waals surface area contributed by atoms with Gasteiger partial charge in [-0.3, -0.25) is 14.8 Å². The van der Waals surface area contributed by atoms with Gasteiger partial charge in [-0.1, -0.05) is 23.7 Å². The number of halogens is 1. The number of hydrogen-bond donors (Lipinski definition) is 1. The minimum absolute atomic E-state index is 0.146. The van der Waals surface area contributed by atoms with Gasteiger partial charge in [0.1, 0.15) is 6.33 Å². The maximum atomic E-state index is 11.9. The van der Waals surface area contributed by atoms with Gasteiger partial charge in [0.2, 0.25) is 11.9 Å². The summed E-state index contributed by atoms with van der Waals surface area (Å²) in [4.78, 5) is 16.0. The van der Waals surface area contributed by atoms with Gasteiger partial charge in [-0.05, 0) is 30.7 Å². The summed E-state index contributed by atoms with van der Waals surface area (Å²) in [5.74, 6) is 0.151. The van der Waals surface area contributed by atoms with Crippen LogP contribution in [-0.2, 0) is 17.9 Å². The highest BCUT2D eigenvalue weighted by Crippen LogP contribution is 2.10. The van der Waals surface area contributed by atoms with Crippen LogP contribution in [0.4, 0.5) is 5.95 Å². The van der Waals surface area contributed by atoms with E-state index in [-0.39, 0.29) is 5.91 Å². The zero-order valence-corrected chi connectivity index (χ0v) is 13.9. The molecule has 8 heteroatoms. The topological polar surface area (TPSA) is 77.6 Å². The number of rotatable bonds is 6. The van der Waals surface area contributed by atoms with E-state index in [0.29, 0.717) is 30.5 Å². The zero-order valence-electron chi connectivity index (χ0n) is 13.2. The lowest BCUT2D eigenvalue weighted by Gasteiger charge is -2.02. The van der Waals surface area contributed by atoms with Crippen molar-refractivity contribution in [1.29, 1.82) is 0 Å². The molecule has 0 atom stereocenters. The molecular weight excluding hydrogens is 328 g/mol. The van der Waals surface area contributed by atoms with E-state index in [4.69, 9.17) is 11.6 Å². The van der Waals surface area contributed by atoms with Crippen molar-refractivity contribution in [3.8, 4) is 0 Å². The number of aryl methyl sites for hydroxylation is 2. The Balaban J connectivity index is 1.51. The maximum Gasteiger partial charge on any atom is 0.248 e. The van der Waals surface area contributed by atoms with Gasteiger partial charge in [0.15, 0.2) is 0 Å². The van der Waals surface area contributed by atoms with Gasteiger partial charge >= 0.3 is 0 Å². The van der Waals surface area contributed by atoms with Gasteiger partial charge in [-0.15, -0.1) is 5.10 Å². The molecule has 1 amide bonds. The van der Waals surface area contributed by atoms with Crippen LogP contribution in [0.3, 0.4) is 0 Å². The van der Waals surface area contributed by atoms with E-state index in [1.54, 1.807) is 15.7 Å². The highest BCUT2D eigenvalue weighted by Gasteiger charge is 2.07. The SMILES string of the molecule is Cc1ccn(CCC(=O)Nc2ncn(Cc3ccc(Cl)cc3)n2)n1. The Bertz CT molecular complexity index is 823. The largest absolute Gasteiger partial charge is 0.293 e. The molecule has 0 saturated heterocycles. The molecule has 0 unspecified atom stereocenters. The molecule has 1 aromatic carbocycles. The van der Waals surface area contributed by atoms with Gasteiger partial charge in [0.05, 0.1) is 12.2 Å². The van der Waals surface area contributed by atoms with Gasteiger partial charge in [0.25, 0.3) is 0 Å². The summed E-state index contributed by atoms with van der Waals surface area (Å²) in [6.45, 7) is 2.99. The Morgan fingerprint density at radius 1 is 1.17 bits per heavy atom. The maximum absolute atomic E-state index is 11.9. The molecule has 0 aliphatic heterocycles. The number of carbonyl (C=O) groups is 1. The van der Waals surface area contributed by atoms with Crippen LogP contribution >= 0.6 is 11.6 Å². The lowest BCUT2D eigenvalue weighted by atomic mass is 10.2. The summed E-state index contributed by atoms with van der Waals surface area (Å²) in [6, 6.07) is 9.40. The molecule has 2 heterocycles. The number of anilines is 1. The summed E-state index contributed by atoms with van der Waals surface area (Å²) >= 11 is 5.86. The molecule has 3 aromatic rings. The fourth-order valence-corrected chi connectivity index (χ4v) is 2.32. The molecule has 24 heavy (non-hydrogen) atoms. The number of amides is 1. The molecule has 0 aliphatic carbocycles. The molecule has 0 aliphatic rings. The van der Waals surface area contributed by atoms with Crippen molar-refractivity contribution in [2.24, 2.45) is 0 Å². The predicted molar refractivity (Wildman–Crippen MR) is 90.8 cm³/mol. The molecule has 0 radical (unpaired) electrons. The van der Waals surface area contributed by atoms with Gasteiger partial charge in [0, 0.05) is 24.2 Å². The summed E-state index contributed by atoms with van der Waals surface area (Å²) in [5.41, 5.74) is 1.98. The third kappa shape index (κ3) is 4.42. The smallest absolute Gasteiger partial charge is 0.248 e. The van der Waals surface area contributed by atoms with Crippen molar-refractivity contribution in [3.05, 3.63) is 59.1 Å². The lowest BCUT2D eigenvalue weighted by molar-refractivity contribution is -0.116. The third-order valence-corrected chi connectivity index (χ3v) is 3.64. The third-order valence-electron chi connectivity index (χ3n) is 3.39. The van der Waals surface area contributed by atoms with Crippen molar-refractivity contribution in [2.75, 3.05) is 5.32 Å². The molecule has 3 rings (SSSR count). The average molecular weight is 345 g/mol. The molecule has 1 N–H and O–H groups in total. The minimum atomic E-state index is -0.146. The van der Waals surface area contributed by atoms with Crippen LogP contribution < -0.4 is 5.32 Å². The van der Waals surface area contributed by atoms with Crippen molar-refractivity contribution in [2.45, 2.75) is 26.4 Å². The fourth-order valence-electron chi connectivity index (χ4n) is 2.20. The molecule has 0 spiro atoms. The number of carbonyl (C=O) groups excluding carboxylic acids is 1. The molecule has 0 bridgehead atoms. The number of nitrogens with one attached hydrogen (secondary N) is 1. The Labute approximate surface area is 144 Å². The van der Waals surface area contributed by atoms with E-state index in [1.165, 1.54) is 0 Å². The van der Waals surface area contributed by atoms with Crippen molar-refractivity contribution in [3.63, 3.8) is 0 Å². The van der Waals surface area contributed by atoms with Crippen molar-refractivity contribution < 1.29 is 4.79 Å². The van der Waals surface area contributed by atoms with Crippen LogP contribution in [0.5, 0.6) is 0 Å². The first-order valence-electron chi connectivity index (χ1n) is 7.52. The van der Waals surface area contributed by atoms with Crippen LogP contribution in [0, 0.1) is 6.92 Å². The molecule has 2 aromatic heterocycles. The first-order chi connectivity index (χ1) is 11.6. The average Bonchev–Trinajstić information content (AvgIpc) is 3.17. The molecule has 7 nitrogen and oxygen atoms in total. The van der Waals surface area contributed by atoms with Gasteiger partial charge < -0.3 is 0 Å². The predicted octanol–water partition coefficient (Wildman–Crippen LogP) is 2.51. The first-order valence-corrected chi connectivity index (χ1v) is 7.90. The van der Waals surface area contributed by atoms with Crippen molar-refractivity contribution in [1.82, 2.24) is 24.5 Å². The number of benzene rings is 1. The Morgan fingerprint density at radius 3 is 2.67 bits per heavy atom. The van der Waals surface area contributed by atoms with E-state index in [1.807, 2.05) is 43.5 Å². The van der Waals surface area contributed by atoms with E-state index < -0.39 is 0 Å². The van der Waals surface area contributed by atoms with Crippen LogP contribution in [0.15, 0.2) is 42.9 Å². The monoisotopic (exact) mass is 344 g/mol. The summed E-state index contributed by atoms with van der Waals surface area (Å²) in [6.07, 6.45) is 3.75. The highest BCUT2D eigenvalue weighted by atomic mass is 35.5. The second kappa shape index (κ2) is 7.27. The molecular formula is C16H17ClN6O. The van der Waals surface area contributed by atoms with Gasteiger partial charge in [-0.25, -0.2) is 9.67 Å². The zero-order chi connectivity index (χ0) is 16.9. The lowest BCUT2D eigenvalue weighted by Crippen LogP contribution is -2.16. The Morgan fingerprint density at radius 2 is 1.96 bits per heavy atom. The van der Waals surface area contributed by atoms with Crippen LogP contribution in [0.25, 0.3) is 0 Å². The van der Waals surface area contributed by atoms with Gasteiger partial charge in [-0.2, -0.15) is 5.10 Å². The standard InChI is InChI=1S/C16H17ClN6O/c1-12-6-8-22(20-12)9-7-15(24)19-16-18-11-23(21-16)10-13-2-4-14(17)5-3-13/h2-6,8,11H,7,9-10H2,1H3,(H,19,21,24). The highest BCUT2D eigenvalue weighted by molar-refractivity contribution is 6.30.